The van der Waals surface area contributed by atoms with E-state index in [0.717, 1.165) is 0 Å². The van der Waals surface area contributed by atoms with E-state index in [2.05, 4.69) is 10.3 Å². The van der Waals surface area contributed by atoms with Crippen LogP contribution in [0.3, 0.4) is 0 Å². The van der Waals surface area contributed by atoms with Crippen LogP contribution >= 0.6 is 34.8 Å². The van der Waals surface area contributed by atoms with Gasteiger partial charge in [0.15, 0.2) is 0 Å². The number of pyridine rings is 1. The number of nitrogen functional groups attached to an aromatic ring is 1. The monoisotopic (exact) mass is 315 g/mol. The van der Waals surface area contributed by atoms with Crippen molar-refractivity contribution < 1.29 is 4.79 Å². The van der Waals surface area contributed by atoms with Crippen LogP contribution in [0, 0.1) is 0 Å². The van der Waals surface area contributed by atoms with Crippen LogP contribution < -0.4 is 11.1 Å². The number of halogens is 3. The number of nitrogens with two attached hydrogens (primary N) is 1. The molecule has 0 aliphatic carbocycles. The van der Waals surface area contributed by atoms with Crippen molar-refractivity contribution in [2.75, 3.05) is 11.1 Å². The molecule has 0 unspecified atom stereocenters. The number of benzene rings is 1. The summed E-state index contributed by atoms with van der Waals surface area (Å²) in [6.45, 7) is 0. The van der Waals surface area contributed by atoms with E-state index in [1.807, 2.05) is 0 Å². The highest BCUT2D eigenvalue weighted by Crippen LogP contribution is 2.26. The Balaban J connectivity index is 2.28. The van der Waals surface area contributed by atoms with Crippen molar-refractivity contribution in [3.05, 3.63) is 51.1 Å². The predicted octanol–water partition coefficient (Wildman–Crippen LogP) is 3.88. The maximum Gasteiger partial charge on any atom is 0.255 e. The second-order valence-electron chi connectivity index (χ2n) is 3.68. The standard InChI is InChI=1S/C12H8Cl3N3O/c13-7-1-2-8(14)9(5-7)17-12(19)6-3-10(15)18-11(16)4-6/h1-5H,(H2,16,18)(H,17,19). The summed E-state index contributed by atoms with van der Waals surface area (Å²) in [5.41, 5.74) is 6.22. The molecule has 3 N–H and O–H groups in total. The van der Waals surface area contributed by atoms with Crippen LogP contribution in [-0.2, 0) is 0 Å². The number of anilines is 2. The van der Waals surface area contributed by atoms with E-state index in [1.165, 1.54) is 12.1 Å². The van der Waals surface area contributed by atoms with E-state index < -0.39 is 5.91 Å². The minimum Gasteiger partial charge on any atom is -0.384 e. The van der Waals surface area contributed by atoms with Crippen molar-refractivity contribution in [1.29, 1.82) is 0 Å². The number of hydrogen-bond donors (Lipinski definition) is 2. The zero-order chi connectivity index (χ0) is 14.0. The maximum absolute atomic E-state index is 12.0. The molecule has 1 amide bonds. The van der Waals surface area contributed by atoms with Gasteiger partial charge in [0.1, 0.15) is 11.0 Å². The number of carbonyl (C=O) groups excluding carboxylic acids is 1. The zero-order valence-corrected chi connectivity index (χ0v) is 11.7. The van der Waals surface area contributed by atoms with Crippen molar-refractivity contribution in [3.63, 3.8) is 0 Å². The molecule has 1 aromatic carbocycles. The fourth-order valence-electron chi connectivity index (χ4n) is 1.44. The highest BCUT2D eigenvalue weighted by molar-refractivity contribution is 6.36. The van der Waals surface area contributed by atoms with E-state index in [4.69, 9.17) is 40.5 Å². The molecule has 2 aromatic rings. The molecule has 0 radical (unpaired) electrons. The first kappa shape index (κ1) is 13.9. The minimum absolute atomic E-state index is 0.141. The molecule has 0 atom stereocenters. The van der Waals surface area contributed by atoms with Gasteiger partial charge < -0.3 is 11.1 Å². The highest BCUT2D eigenvalue weighted by Gasteiger charge is 2.11. The maximum atomic E-state index is 12.0. The van der Waals surface area contributed by atoms with Crippen molar-refractivity contribution in [1.82, 2.24) is 4.98 Å². The molecule has 19 heavy (non-hydrogen) atoms. The Kier molecular flexibility index (Phi) is 4.14. The third kappa shape index (κ3) is 3.50. The third-order valence-corrected chi connectivity index (χ3v) is 3.01. The molecule has 0 spiro atoms. The van der Waals surface area contributed by atoms with E-state index >= 15 is 0 Å². The first-order valence-corrected chi connectivity index (χ1v) is 6.28. The van der Waals surface area contributed by atoms with Gasteiger partial charge in [0.2, 0.25) is 0 Å². The number of carbonyl (C=O) groups is 1. The average Bonchev–Trinajstić information content (AvgIpc) is 2.32. The molecule has 0 saturated carbocycles. The topological polar surface area (TPSA) is 68.0 Å². The van der Waals surface area contributed by atoms with Crippen molar-refractivity contribution in [2.24, 2.45) is 0 Å². The van der Waals surface area contributed by atoms with Gasteiger partial charge in [-0.2, -0.15) is 0 Å². The van der Waals surface area contributed by atoms with Crippen molar-refractivity contribution in [2.45, 2.75) is 0 Å². The zero-order valence-electron chi connectivity index (χ0n) is 9.45. The summed E-state index contributed by atoms with van der Waals surface area (Å²) in [5, 5.41) is 3.61. The number of amides is 1. The van der Waals surface area contributed by atoms with Gasteiger partial charge in [-0.25, -0.2) is 4.98 Å². The Hall–Kier alpha value is -1.49. The second kappa shape index (κ2) is 5.65. The van der Waals surface area contributed by atoms with Gasteiger partial charge in [0.25, 0.3) is 5.91 Å². The molecule has 1 heterocycles. The SMILES string of the molecule is Nc1cc(C(=O)Nc2cc(Cl)ccc2Cl)cc(Cl)n1. The molecule has 0 bridgehead atoms. The molecule has 0 saturated heterocycles. The van der Waals surface area contributed by atoms with Gasteiger partial charge in [-0.15, -0.1) is 0 Å². The molecular formula is C12H8Cl3N3O. The molecule has 0 aliphatic heterocycles. The van der Waals surface area contributed by atoms with Crippen molar-refractivity contribution >= 4 is 52.2 Å². The first-order valence-electron chi connectivity index (χ1n) is 5.15. The fraction of sp³-hybridized carbons (Fsp3) is 0. The lowest BCUT2D eigenvalue weighted by atomic mass is 10.2. The van der Waals surface area contributed by atoms with Gasteiger partial charge in [0, 0.05) is 10.6 Å². The Bertz CT molecular complexity index is 626. The van der Waals surface area contributed by atoms with E-state index in [9.17, 15) is 4.79 Å². The van der Waals surface area contributed by atoms with Gasteiger partial charge in [0.05, 0.1) is 10.7 Å². The number of aromatic nitrogens is 1. The van der Waals surface area contributed by atoms with Gasteiger partial charge in [-0.05, 0) is 30.3 Å². The Morgan fingerprint density at radius 1 is 1.16 bits per heavy atom. The summed E-state index contributed by atoms with van der Waals surface area (Å²) in [4.78, 5) is 15.8. The predicted molar refractivity (Wildman–Crippen MR) is 78.1 cm³/mol. The Morgan fingerprint density at radius 3 is 2.58 bits per heavy atom. The first-order chi connectivity index (χ1) is 8.95. The van der Waals surface area contributed by atoms with Crippen LogP contribution in [0.25, 0.3) is 0 Å². The molecule has 4 nitrogen and oxygen atoms in total. The summed E-state index contributed by atoms with van der Waals surface area (Å²) in [5.74, 6) is -0.241. The summed E-state index contributed by atoms with van der Waals surface area (Å²) in [6, 6.07) is 7.59. The second-order valence-corrected chi connectivity index (χ2v) is 4.91. The molecule has 0 fully saturated rings. The molecule has 98 valence electrons. The van der Waals surface area contributed by atoms with Crippen LogP contribution in [0.2, 0.25) is 15.2 Å². The lowest BCUT2D eigenvalue weighted by Crippen LogP contribution is -2.13. The molecule has 0 aliphatic rings. The lowest BCUT2D eigenvalue weighted by molar-refractivity contribution is 0.102. The van der Waals surface area contributed by atoms with Crippen molar-refractivity contribution in [3.8, 4) is 0 Å². The quantitative estimate of drug-likeness (QED) is 0.826. The number of rotatable bonds is 2. The number of nitrogens with one attached hydrogen (secondary N) is 1. The van der Waals surface area contributed by atoms with Gasteiger partial charge in [-0.3, -0.25) is 4.79 Å². The molecule has 1 aromatic heterocycles. The number of hydrogen-bond acceptors (Lipinski definition) is 3. The largest absolute Gasteiger partial charge is 0.384 e. The molecule has 2 rings (SSSR count). The average molecular weight is 317 g/mol. The number of nitrogens with zero attached hydrogens (tertiary/aromatic N) is 1. The summed E-state index contributed by atoms with van der Waals surface area (Å²) in [6.07, 6.45) is 0. The third-order valence-electron chi connectivity index (χ3n) is 2.25. The van der Waals surface area contributed by atoms with Gasteiger partial charge in [-0.1, -0.05) is 34.8 Å². The molecular weight excluding hydrogens is 309 g/mol. The minimum atomic E-state index is -0.403. The van der Waals surface area contributed by atoms with Crippen LogP contribution in [-0.4, -0.2) is 10.9 Å². The van der Waals surface area contributed by atoms with E-state index in [0.29, 0.717) is 15.7 Å². The van der Waals surface area contributed by atoms with Crippen LogP contribution in [0.1, 0.15) is 10.4 Å². The normalized spacial score (nSPS) is 10.3. The Labute approximate surface area is 124 Å². The summed E-state index contributed by atoms with van der Waals surface area (Å²) in [7, 11) is 0. The lowest BCUT2D eigenvalue weighted by Gasteiger charge is -2.08. The van der Waals surface area contributed by atoms with E-state index in [-0.39, 0.29) is 16.5 Å². The van der Waals surface area contributed by atoms with E-state index in [1.54, 1.807) is 18.2 Å². The molecule has 7 heteroatoms. The smallest absolute Gasteiger partial charge is 0.255 e. The van der Waals surface area contributed by atoms with Crippen LogP contribution in [0.15, 0.2) is 30.3 Å². The summed E-state index contributed by atoms with van der Waals surface area (Å²) < 4.78 is 0. The van der Waals surface area contributed by atoms with Crippen LogP contribution in [0.4, 0.5) is 11.5 Å². The fourth-order valence-corrected chi connectivity index (χ4v) is 1.99. The van der Waals surface area contributed by atoms with Gasteiger partial charge >= 0.3 is 0 Å². The Morgan fingerprint density at radius 2 is 1.89 bits per heavy atom. The highest BCUT2D eigenvalue weighted by atomic mass is 35.5. The van der Waals surface area contributed by atoms with Crippen LogP contribution in [0.5, 0.6) is 0 Å². The summed E-state index contributed by atoms with van der Waals surface area (Å²) >= 11 is 17.5.